The number of carbonyl (C=O) groups excluding carboxylic acids is 1. The summed E-state index contributed by atoms with van der Waals surface area (Å²) in [6.45, 7) is 0.692. The van der Waals surface area contributed by atoms with Crippen LogP contribution in [0.5, 0.6) is 5.75 Å². The van der Waals surface area contributed by atoms with Crippen LogP contribution in [0.4, 0.5) is 0 Å². The number of nitrogens with two attached hydrogens (primary N) is 1. The first kappa shape index (κ1) is 17.9. The molecule has 1 aliphatic carbocycles. The van der Waals surface area contributed by atoms with Gasteiger partial charge in [-0.3, -0.25) is 4.79 Å². The Hall–Kier alpha value is -2.46. The third kappa shape index (κ3) is 3.30. The number of hydrogen-bond acceptors (Lipinski definition) is 6. The van der Waals surface area contributed by atoms with Crippen LogP contribution in [0.3, 0.4) is 0 Å². The van der Waals surface area contributed by atoms with Gasteiger partial charge in [0.05, 0.1) is 29.3 Å². The molecule has 144 valence electrons. The molecule has 9 nitrogen and oxygen atoms in total. The molecule has 2 heterocycles. The zero-order valence-electron chi connectivity index (χ0n) is 14.9. The summed E-state index contributed by atoms with van der Waals surface area (Å²) in [7, 11) is -2.35. The molecule has 2 aliphatic rings. The van der Waals surface area contributed by atoms with Gasteiger partial charge in [-0.15, -0.1) is 5.10 Å². The monoisotopic (exact) mass is 391 g/mol. The second-order valence-electron chi connectivity index (χ2n) is 6.93. The van der Waals surface area contributed by atoms with Gasteiger partial charge in [-0.2, -0.15) is 4.31 Å². The summed E-state index contributed by atoms with van der Waals surface area (Å²) >= 11 is 0. The molecule has 0 bridgehead atoms. The van der Waals surface area contributed by atoms with Crippen LogP contribution in [0.1, 0.15) is 47.3 Å². The lowest BCUT2D eigenvalue weighted by Crippen LogP contribution is -2.29. The molecule has 2 N–H and O–H groups in total. The Morgan fingerprint density at radius 1 is 1.30 bits per heavy atom. The molecule has 2 aromatic rings. The zero-order chi connectivity index (χ0) is 19.2. The summed E-state index contributed by atoms with van der Waals surface area (Å²) < 4.78 is 34.2. The van der Waals surface area contributed by atoms with Crippen molar-refractivity contribution in [3.05, 3.63) is 35.7 Å². The van der Waals surface area contributed by atoms with Crippen LogP contribution in [0.2, 0.25) is 0 Å². The Kier molecular flexibility index (Phi) is 4.39. The molecule has 2 fully saturated rings. The summed E-state index contributed by atoms with van der Waals surface area (Å²) in [5.41, 5.74) is 6.36. The largest absolute Gasteiger partial charge is 0.496 e. The number of aromatic nitrogens is 3. The Morgan fingerprint density at radius 3 is 2.74 bits per heavy atom. The van der Waals surface area contributed by atoms with E-state index in [9.17, 15) is 13.2 Å². The maximum atomic E-state index is 13.0. The Bertz CT molecular complexity index is 983. The van der Waals surface area contributed by atoms with Crippen molar-refractivity contribution < 1.29 is 17.9 Å². The zero-order valence-corrected chi connectivity index (χ0v) is 15.7. The van der Waals surface area contributed by atoms with E-state index < -0.39 is 15.9 Å². The van der Waals surface area contributed by atoms with E-state index in [-0.39, 0.29) is 22.3 Å². The first-order chi connectivity index (χ1) is 12.9. The fourth-order valence-electron chi connectivity index (χ4n) is 3.37. The Morgan fingerprint density at radius 2 is 2.07 bits per heavy atom. The number of hydrogen-bond donors (Lipinski definition) is 1. The van der Waals surface area contributed by atoms with E-state index >= 15 is 0 Å². The average molecular weight is 391 g/mol. The third-order valence-electron chi connectivity index (χ3n) is 5.10. The van der Waals surface area contributed by atoms with Crippen LogP contribution in [0.15, 0.2) is 29.3 Å². The van der Waals surface area contributed by atoms with Crippen molar-refractivity contribution in [1.29, 1.82) is 0 Å². The number of methoxy groups -OCH3 is 1. The molecule has 1 aromatic heterocycles. The lowest BCUT2D eigenvalue weighted by Gasteiger charge is -2.17. The van der Waals surface area contributed by atoms with Gasteiger partial charge in [0.2, 0.25) is 10.0 Å². The van der Waals surface area contributed by atoms with Crippen LogP contribution in [-0.2, 0) is 10.0 Å². The molecular weight excluding hydrogens is 370 g/mol. The number of carbonyl (C=O) groups is 1. The maximum absolute atomic E-state index is 13.0. The first-order valence-electron chi connectivity index (χ1n) is 8.80. The van der Waals surface area contributed by atoms with Crippen molar-refractivity contribution in [3.63, 3.8) is 0 Å². The highest BCUT2D eigenvalue weighted by atomic mass is 32.2. The van der Waals surface area contributed by atoms with E-state index in [2.05, 4.69) is 10.3 Å². The van der Waals surface area contributed by atoms with Crippen molar-refractivity contribution in [2.75, 3.05) is 20.2 Å². The van der Waals surface area contributed by atoms with E-state index in [0.717, 1.165) is 18.5 Å². The van der Waals surface area contributed by atoms with Gasteiger partial charge < -0.3 is 10.5 Å². The van der Waals surface area contributed by atoms with Crippen molar-refractivity contribution >= 4 is 15.9 Å². The van der Waals surface area contributed by atoms with Gasteiger partial charge in [-0.1, -0.05) is 5.21 Å². The lowest BCUT2D eigenvalue weighted by atomic mass is 10.2. The van der Waals surface area contributed by atoms with E-state index in [1.807, 2.05) is 6.20 Å². The first-order valence-corrected chi connectivity index (χ1v) is 10.2. The SMILES string of the molecule is COc1ccc(S(=O)(=O)N2CC[C@@H](n3cc(C4CC4)nn3)C2)cc1C(N)=O. The summed E-state index contributed by atoms with van der Waals surface area (Å²) in [5, 5.41) is 8.37. The van der Waals surface area contributed by atoms with Crippen molar-refractivity contribution in [2.45, 2.75) is 36.1 Å². The second-order valence-corrected chi connectivity index (χ2v) is 8.87. The standard InChI is InChI=1S/C17H21N5O4S/c1-26-16-5-4-13(8-14(16)17(18)23)27(24,25)21-7-6-12(9-21)22-10-15(19-20-22)11-2-3-11/h4-5,8,10-12H,2-3,6-7,9H2,1H3,(H2,18,23)/t12-/m1/s1. The lowest BCUT2D eigenvalue weighted by molar-refractivity contribution is 0.0997. The third-order valence-corrected chi connectivity index (χ3v) is 6.96. The Labute approximate surface area is 157 Å². The van der Waals surface area contributed by atoms with E-state index in [4.69, 9.17) is 10.5 Å². The minimum Gasteiger partial charge on any atom is -0.496 e. The molecule has 1 aromatic carbocycles. The van der Waals surface area contributed by atoms with E-state index in [1.54, 1.807) is 4.68 Å². The predicted octanol–water partition coefficient (Wildman–Crippen LogP) is 0.899. The number of nitrogens with zero attached hydrogens (tertiary/aromatic N) is 4. The quantitative estimate of drug-likeness (QED) is 0.781. The van der Waals surface area contributed by atoms with Crippen LogP contribution < -0.4 is 10.5 Å². The van der Waals surface area contributed by atoms with Crippen molar-refractivity contribution in [1.82, 2.24) is 19.3 Å². The van der Waals surface area contributed by atoms with Crippen LogP contribution in [0.25, 0.3) is 0 Å². The molecule has 4 rings (SSSR count). The van der Waals surface area contributed by atoms with Gasteiger partial charge in [-0.05, 0) is 37.5 Å². The fourth-order valence-corrected chi connectivity index (χ4v) is 4.89. The molecule has 27 heavy (non-hydrogen) atoms. The smallest absolute Gasteiger partial charge is 0.252 e. The van der Waals surface area contributed by atoms with Crippen LogP contribution >= 0.6 is 0 Å². The number of primary amides is 1. The highest BCUT2D eigenvalue weighted by molar-refractivity contribution is 7.89. The van der Waals surface area contributed by atoms with Crippen LogP contribution in [0, 0.1) is 0 Å². The summed E-state index contributed by atoms with van der Waals surface area (Å²) in [6.07, 6.45) is 4.87. The Balaban J connectivity index is 1.55. The minimum atomic E-state index is -3.75. The number of amides is 1. The van der Waals surface area contributed by atoms with Crippen molar-refractivity contribution in [2.24, 2.45) is 5.73 Å². The molecule has 0 radical (unpaired) electrons. The average Bonchev–Trinajstić information content (AvgIpc) is 3.18. The fraction of sp³-hybridized carbons (Fsp3) is 0.471. The molecule has 10 heteroatoms. The van der Waals surface area contributed by atoms with E-state index in [1.165, 1.54) is 29.6 Å². The van der Waals surface area contributed by atoms with Gasteiger partial charge >= 0.3 is 0 Å². The minimum absolute atomic E-state index is 0.0232. The van der Waals surface area contributed by atoms with Gasteiger partial charge in [0.15, 0.2) is 0 Å². The van der Waals surface area contributed by atoms with Gasteiger partial charge in [0.25, 0.3) is 5.91 Å². The highest BCUT2D eigenvalue weighted by Crippen LogP contribution is 2.39. The number of ether oxygens (including phenoxy) is 1. The van der Waals surface area contributed by atoms with Crippen molar-refractivity contribution in [3.8, 4) is 5.75 Å². The molecule has 1 amide bonds. The molecule has 1 saturated heterocycles. The summed E-state index contributed by atoms with van der Waals surface area (Å²) in [5.74, 6) is 0.0147. The number of sulfonamides is 1. The summed E-state index contributed by atoms with van der Waals surface area (Å²) in [4.78, 5) is 11.6. The highest BCUT2D eigenvalue weighted by Gasteiger charge is 2.35. The summed E-state index contributed by atoms with van der Waals surface area (Å²) in [6, 6.07) is 4.09. The molecule has 1 saturated carbocycles. The molecular formula is C17H21N5O4S. The molecule has 0 spiro atoms. The van der Waals surface area contributed by atoms with Crippen LogP contribution in [-0.4, -0.2) is 53.8 Å². The topological polar surface area (TPSA) is 120 Å². The predicted molar refractivity (Wildman–Crippen MR) is 95.9 cm³/mol. The van der Waals surface area contributed by atoms with Gasteiger partial charge in [-0.25, -0.2) is 13.1 Å². The van der Waals surface area contributed by atoms with Gasteiger partial charge in [0.1, 0.15) is 5.75 Å². The molecule has 1 aliphatic heterocycles. The van der Waals surface area contributed by atoms with Gasteiger partial charge in [0, 0.05) is 25.2 Å². The number of rotatable bonds is 6. The normalized spacial score (nSPS) is 20.7. The number of benzene rings is 1. The second kappa shape index (κ2) is 6.61. The van der Waals surface area contributed by atoms with E-state index in [0.29, 0.717) is 25.4 Å². The molecule has 0 unspecified atom stereocenters. The molecule has 1 atom stereocenters. The maximum Gasteiger partial charge on any atom is 0.252 e.